The third-order valence-electron chi connectivity index (χ3n) is 2.81. The average Bonchev–Trinajstić information content (AvgIpc) is 2.38. The van der Waals surface area contributed by atoms with E-state index in [0.717, 1.165) is 6.42 Å². The Morgan fingerprint density at radius 1 is 1.20 bits per heavy atom. The fraction of sp³-hybridized carbons (Fsp3) is 0.462. The molecule has 1 aromatic carbocycles. The SMILES string of the molecule is NCCCC[C@@H](NS(=O)(=O)Cc1ccccc1)C(N)=O. The maximum absolute atomic E-state index is 12.0. The Morgan fingerprint density at radius 2 is 1.85 bits per heavy atom. The zero-order valence-corrected chi connectivity index (χ0v) is 12.1. The molecule has 0 aliphatic rings. The summed E-state index contributed by atoms with van der Waals surface area (Å²) in [7, 11) is -3.60. The first-order valence-electron chi connectivity index (χ1n) is 6.48. The van der Waals surface area contributed by atoms with Crippen molar-refractivity contribution in [2.24, 2.45) is 11.5 Å². The van der Waals surface area contributed by atoms with Crippen molar-refractivity contribution in [2.45, 2.75) is 31.1 Å². The first-order valence-corrected chi connectivity index (χ1v) is 8.13. The monoisotopic (exact) mass is 299 g/mol. The third kappa shape index (κ3) is 6.14. The molecule has 0 saturated heterocycles. The molecule has 0 heterocycles. The zero-order chi connectivity index (χ0) is 15.0. The molecule has 0 aliphatic heterocycles. The number of sulfonamides is 1. The maximum atomic E-state index is 12.0. The lowest BCUT2D eigenvalue weighted by molar-refractivity contribution is -0.119. The van der Waals surface area contributed by atoms with Gasteiger partial charge < -0.3 is 11.5 Å². The lowest BCUT2D eigenvalue weighted by Crippen LogP contribution is -2.44. The molecule has 0 fully saturated rings. The quantitative estimate of drug-likeness (QED) is 0.560. The third-order valence-corrected chi connectivity index (χ3v) is 4.17. The molecule has 1 atom stereocenters. The molecule has 6 nitrogen and oxygen atoms in total. The van der Waals surface area contributed by atoms with Gasteiger partial charge in [-0.05, 0) is 24.9 Å². The van der Waals surface area contributed by atoms with Crippen molar-refractivity contribution in [2.75, 3.05) is 6.54 Å². The molecular formula is C13H21N3O3S. The van der Waals surface area contributed by atoms with Crippen molar-refractivity contribution in [3.63, 3.8) is 0 Å². The fourth-order valence-corrected chi connectivity index (χ4v) is 3.19. The second-order valence-electron chi connectivity index (χ2n) is 4.60. The summed E-state index contributed by atoms with van der Waals surface area (Å²) in [6.07, 6.45) is 1.74. The van der Waals surface area contributed by atoms with E-state index in [1.54, 1.807) is 24.3 Å². The highest BCUT2D eigenvalue weighted by atomic mass is 32.2. The van der Waals surface area contributed by atoms with Gasteiger partial charge in [0.2, 0.25) is 15.9 Å². The van der Waals surface area contributed by atoms with Crippen LogP contribution in [0.1, 0.15) is 24.8 Å². The van der Waals surface area contributed by atoms with Crippen molar-refractivity contribution < 1.29 is 13.2 Å². The number of hydrogen-bond acceptors (Lipinski definition) is 4. The van der Waals surface area contributed by atoms with Crippen molar-refractivity contribution >= 4 is 15.9 Å². The molecule has 0 aliphatic carbocycles. The predicted octanol–water partition coefficient (Wildman–Crippen LogP) is 0.0889. The van der Waals surface area contributed by atoms with Crippen molar-refractivity contribution in [1.29, 1.82) is 0 Å². The summed E-state index contributed by atoms with van der Waals surface area (Å²) in [6, 6.07) is 7.88. The summed E-state index contributed by atoms with van der Waals surface area (Å²) >= 11 is 0. The van der Waals surface area contributed by atoms with Crippen LogP contribution in [0.2, 0.25) is 0 Å². The fourth-order valence-electron chi connectivity index (χ4n) is 1.80. The Bertz CT molecular complexity index is 517. The first-order chi connectivity index (χ1) is 9.44. The smallest absolute Gasteiger partial charge is 0.235 e. The van der Waals surface area contributed by atoms with Gasteiger partial charge in [-0.1, -0.05) is 36.8 Å². The van der Waals surface area contributed by atoms with Gasteiger partial charge in [-0.2, -0.15) is 0 Å². The molecule has 7 heteroatoms. The van der Waals surface area contributed by atoms with E-state index in [0.29, 0.717) is 24.9 Å². The Labute approximate surface area is 119 Å². The number of benzene rings is 1. The Kier molecular flexibility index (Phi) is 6.63. The van der Waals surface area contributed by atoms with Crippen molar-refractivity contribution in [1.82, 2.24) is 4.72 Å². The Balaban J connectivity index is 2.64. The lowest BCUT2D eigenvalue weighted by atomic mass is 10.1. The number of hydrogen-bond donors (Lipinski definition) is 3. The first kappa shape index (κ1) is 16.6. The number of nitrogens with one attached hydrogen (secondary N) is 1. The zero-order valence-electron chi connectivity index (χ0n) is 11.3. The van der Waals surface area contributed by atoms with Gasteiger partial charge in [0.25, 0.3) is 0 Å². The van der Waals surface area contributed by atoms with Gasteiger partial charge in [0.15, 0.2) is 0 Å². The van der Waals surface area contributed by atoms with E-state index in [9.17, 15) is 13.2 Å². The van der Waals surface area contributed by atoms with Gasteiger partial charge in [-0.3, -0.25) is 4.79 Å². The Morgan fingerprint density at radius 3 is 2.40 bits per heavy atom. The lowest BCUT2D eigenvalue weighted by Gasteiger charge is -2.15. The van der Waals surface area contributed by atoms with Crippen LogP contribution in [0.15, 0.2) is 30.3 Å². The summed E-state index contributed by atoms with van der Waals surface area (Å²) in [6.45, 7) is 0.502. The van der Waals surface area contributed by atoms with Gasteiger partial charge in [-0.25, -0.2) is 13.1 Å². The molecule has 0 radical (unpaired) electrons. The van der Waals surface area contributed by atoms with E-state index in [-0.39, 0.29) is 5.75 Å². The van der Waals surface area contributed by atoms with Crippen LogP contribution in [0, 0.1) is 0 Å². The van der Waals surface area contributed by atoms with Crippen molar-refractivity contribution in [3.8, 4) is 0 Å². The van der Waals surface area contributed by atoms with Crippen LogP contribution in [-0.2, 0) is 20.6 Å². The predicted molar refractivity (Wildman–Crippen MR) is 78.1 cm³/mol. The summed E-state index contributed by atoms with van der Waals surface area (Å²) in [4.78, 5) is 11.3. The molecule has 0 spiro atoms. The van der Waals surface area contributed by atoms with Crippen LogP contribution in [0.25, 0.3) is 0 Å². The number of rotatable bonds is 9. The molecular weight excluding hydrogens is 278 g/mol. The maximum Gasteiger partial charge on any atom is 0.235 e. The molecule has 1 aromatic rings. The summed E-state index contributed by atoms with van der Waals surface area (Å²) in [5, 5.41) is 0. The minimum atomic E-state index is -3.60. The van der Waals surface area contributed by atoms with Gasteiger partial charge in [0.1, 0.15) is 6.04 Å². The normalized spacial score (nSPS) is 13.1. The van der Waals surface area contributed by atoms with Crippen LogP contribution < -0.4 is 16.2 Å². The molecule has 0 aromatic heterocycles. The highest BCUT2D eigenvalue weighted by molar-refractivity contribution is 7.88. The Hall–Kier alpha value is -1.44. The van der Waals surface area contributed by atoms with Crippen LogP contribution in [-0.4, -0.2) is 26.9 Å². The van der Waals surface area contributed by atoms with Gasteiger partial charge >= 0.3 is 0 Å². The molecule has 0 unspecified atom stereocenters. The van der Waals surface area contributed by atoms with E-state index in [1.807, 2.05) is 6.07 Å². The molecule has 0 saturated carbocycles. The van der Waals surface area contributed by atoms with E-state index in [4.69, 9.17) is 11.5 Å². The van der Waals surface area contributed by atoms with E-state index in [2.05, 4.69) is 4.72 Å². The summed E-state index contributed by atoms with van der Waals surface area (Å²) < 4.78 is 26.4. The summed E-state index contributed by atoms with van der Waals surface area (Å²) in [5.74, 6) is -0.840. The molecule has 1 rings (SSSR count). The second-order valence-corrected chi connectivity index (χ2v) is 6.36. The second kappa shape index (κ2) is 7.98. The highest BCUT2D eigenvalue weighted by Gasteiger charge is 2.22. The van der Waals surface area contributed by atoms with Crippen molar-refractivity contribution in [3.05, 3.63) is 35.9 Å². The van der Waals surface area contributed by atoms with Gasteiger partial charge in [-0.15, -0.1) is 0 Å². The number of amides is 1. The highest BCUT2D eigenvalue weighted by Crippen LogP contribution is 2.07. The summed E-state index contributed by atoms with van der Waals surface area (Å²) in [5.41, 5.74) is 11.2. The molecule has 20 heavy (non-hydrogen) atoms. The molecule has 1 amide bonds. The van der Waals surface area contributed by atoms with E-state index < -0.39 is 22.0 Å². The number of primary amides is 1. The van der Waals surface area contributed by atoms with E-state index in [1.165, 1.54) is 0 Å². The van der Waals surface area contributed by atoms with Crippen LogP contribution in [0.5, 0.6) is 0 Å². The molecule has 112 valence electrons. The number of nitrogens with two attached hydrogens (primary N) is 2. The van der Waals surface area contributed by atoms with Crippen LogP contribution in [0.4, 0.5) is 0 Å². The number of unbranched alkanes of at least 4 members (excludes halogenated alkanes) is 1. The standard InChI is InChI=1S/C13H21N3O3S/c14-9-5-4-8-12(13(15)17)16-20(18,19)10-11-6-2-1-3-7-11/h1-3,6-7,12,16H,4-5,8-10,14H2,(H2,15,17)/t12-/m1/s1. The number of carbonyl (C=O) groups excluding carboxylic acids is 1. The van der Waals surface area contributed by atoms with Gasteiger partial charge in [0.05, 0.1) is 5.75 Å². The average molecular weight is 299 g/mol. The minimum Gasteiger partial charge on any atom is -0.368 e. The van der Waals surface area contributed by atoms with Crippen LogP contribution in [0.3, 0.4) is 0 Å². The minimum absolute atomic E-state index is 0.172. The topological polar surface area (TPSA) is 115 Å². The molecule has 5 N–H and O–H groups in total. The van der Waals surface area contributed by atoms with Crippen LogP contribution >= 0.6 is 0 Å². The molecule has 0 bridgehead atoms. The van der Waals surface area contributed by atoms with E-state index >= 15 is 0 Å². The largest absolute Gasteiger partial charge is 0.368 e. The number of carbonyl (C=O) groups is 1. The van der Waals surface area contributed by atoms with Gasteiger partial charge in [0, 0.05) is 0 Å².